The molecule has 0 aliphatic carbocycles. The Morgan fingerprint density at radius 3 is 1.96 bits per heavy atom. The van der Waals surface area contributed by atoms with Gasteiger partial charge in [-0.05, 0) is 24.3 Å². The van der Waals surface area contributed by atoms with E-state index in [9.17, 15) is 50.4 Å². The molecule has 16 nitrogen and oxygen atoms in total. The van der Waals surface area contributed by atoms with Gasteiger partial charge in [0.05, 0.1) is 6.61 Å². The third-order valence-corrected chi connectivity index (χ3v) is 7.39. The number of ether oxygens (including phenoxy) is 5. The Kier molecular flexibility index (Phi) is 9.59. The molecule has 2 saturated heterocycles. The van der Waals surface area contributed by atoms with Gasteiger partial charge < -0.3 is 69.0 Å². The third kappa shape index (κ3) is 6.74. The van der Waals surface area contributed by atoms with Gasteiger partial charge in [0.1, 0.15) is 89.4 Å². The summed E-state index contributed by atoms with van der Waals surface area (Å²) in [5, 5.41) is 80.7. The minimum absolute atomic E-state index is 0.0670. The number of aliphatic hydroxyl groups excluding tert-OH is 7. The summed E-state index contributed by atoms with van der Waals surface area (Å²) in [6.45, 7) is 0.0809. The van der Waals surface area contributed by atoms with Crippen LogP contribution in [0.5, 0.6) is 17.2 Å². The molecule has 2 fully saturated rings. The monoisotopic (exact) mass is 636 g/mol. The molecular weight excluding hydrogens is 604 g/mol. The fourth-order valence-corrected chi connectivity index (χ4v) is 4.94. The lowest BCUT2D eigenvalue weighted by Gasteiger charge is -2.39. The van der Waals surface area contributed by atoms with E-state index in [1.165, 1.54) is 30.3 Å². The molecule has 244 valence electrons. The van der Waals surface area contributed by atoms with Gasteiger partial charge in [-0.25, -0.2) is 0 Å². The average Bonchev–Trinajstić information content (AvgIpc) is 3.00. The van der Waals surface area contributed by atoms with Gasteiger partial charge in [0.25, 0.3) is 0 Å². The fourth-order valence-electron chi connectivity index (χ4n) is 4.94. The van der Waals surface area contributed by atoms with Crippen molar-refractivity contribution in [1.82, 2.24) is 0 Å². The summed E-state index contributed by atoms with van der Waals surface area (Å²) in [7, 11) is 0. The van der Waals surface area contributed by atoms with Crippen molar-refractivity contribution in [2.45, 2.75) is 68.3 Å². The number of phenolic OH excluding ortho intramolecular Hbond substituents is 1. The summed E-state index contributed by atoms with van der Waals surface area (Å²) >= 11 is 0. The maximum Gasteiger partial charge on any atom is 0.302 e. The molecule has 0 spiro atoms. The van der Waals surface area contributed by atoms with E-state index in [1.807, 2.05) is 0 Å². The molecule has 45 heavy (non-hydrogen) atoms. The van der Waals surface area contributed by atoms with Crippen LogP contribution in [0.3, 0.4) is 0 Å². The van der Waals surface area contributed by atoms with Crippen LogP contribution in [-0.2, 0) is 19.0 Å². The van der Waals surface area contributed by atoms with Gasteiger partial charge >= 0.3 is 5.97 Å². The first kappa shape index (κ1) is 32.6. The van der Waals surface area contributed by atoms with Gasteiger partial charge in [0.15, 0.2) is 5.43 Å². The number of phenols is 1. The van der Waals surface area contributed by atoms with E-state index in [2.05, 4.69) is 0 Å². The summed E-state index contributed by atoms with van der Waals surface area (Å²) < 4.78 is 32.7. The molecule has 5 rings (SSSR count). The smallest absolute Gasteiger partial charge is 0.302 e. The zero-order valence-corrected chi connectivity index (χ0v) is 23.6. The van der Waals surface area contributed by atoms with Gasteiger partial charge in [-0.15, -0.1) is 0 Å². The second-order valence-electron chi connectivity index (χ2n) is 10.6. The van der Waals surface area contributed by atoms with Crippen molar-refractivity contribution < 1.29 is 73.7 Å². The first-order valence-corrected chi connectivity index (χ1v) is 13.8. The van der Waals surface area contributed by atoms with E-state index in [1.54, 1.807) is 0 Å². The SMILES string of the molecule is CC(=O)OC[C@@H]1O[C@H](Oc2cc(O)c3c(=O)cc(-c4ccc(O[C@H]5O[C@@H](CO)[C@H](O)[C@H](O)[C@@H]5O)cc4)oc3c2)[C@@H](O)[C@@H](O)[C@H]1O. The van der Waals surface area contributed by atoms with Crippen molar-refractivity contribution in [3.63, 3.8) is 0 Å². The number of hydrogen-bond acceptors (Lipinski definition) is 16. The van der Waals surface area contributed by atoms with Crippen LogP contribution in [0.2, 0.25) is 0 Å². The van der Waals surface area contributed by atoms with Crippen LogP contribution >= 0.6 is 0 Å². The highest BCUT2D eigenvalue weighted by molar-refractivity contribution is 5.86. The molecule has 10 atom stereocenters. The summed E-state index contributed by atoms with van der Waals surface area (Å²) in [5.74, 6) is -1.08. The van der Waals surface area contributed by atoms with Crippen LogP contribution in [0, 0.1) is 0 Å². The Balaban J connectivity index is 1.36. The van der Waals surface area contributed by atoms with E-state index in [0.29, 0.717) is 5.56 Å². The number of rotatable bonds is 8. The molecule has 0 radical (unpaired) electrons. The number of carbonyl (C=O) groups is 1. The molecule has 0 saturated carbocycles. The molecule has 3 aromatic rings. The van der Waals surface area contributed by atoms with Crippen LogP contribution < -0.4 is 14.9 Å². The average molecular weight is 637 g/mol. The minimum atomic E-state index is -1.74. The Hall–Kier alpha value is -3.84. The molecule has 0 amide bonds. The molecular formula is C29H32O16. The highest BCUT2D eigenvalue weighted by Gasteiger charge is 2.46. The van der Waals surface area contributed by atoms with E-state index < -0.39 is 91.8 Å². The van der Waals surface area contributed by atoms with Gasteiger partial charge in [0.2, 0.25) is 12.6 Å². The standard InChI is InChI=1S/C29H32O16/c1-11(31)40-10-20-23(35)25(37)27(39)29(45-20)42-14-6-15(32)21-16(33)8-17(43-18(21)7-14)12-2-4-13(5-3-12)41-28-26(38)24(36)22(34)19(9-30)44-28/h2-8,19-20,22-30,32,34-39H,9-10H2,1H3/t19-,20-,22-,23-,24-,25-,26-,27-,28-,29-/m0/s1. The van der Waals surface area contributed by atoms with Crippen LogP contribution in [0.25, 0.3) is 22.3 Å². The molecule has 1 aromatic heterocycles. The second-order valence-corrected chi connectivity index (χ2v) is 10.6. The third-order valence-electron chi connectivity index (χ3n) is 7.39. The zero-order chi connectivity index (χ0) is 32.6. The number of aliphatic hydroxyl groups is 7. The molecule has 3 heterocycles. The van der Waals surface area contributed by atoms with Gasteiger partial charge in [-0.1, -0.05) is 0 Å². The van der Waals surface area contributed by atoms with Crippen molar-refractivity contribution in [2.75, 3.05) is 13.2 Å². The lowest BCUT2D eigenvalue weighted by Crippen LogP contribution is -2.60. The first-order chi connectivity index (χ1) is 21.4. The van der Waals surface area contributed by atoms with E-state index in [4.69, 9.17) is 28.1 Å². The summed E-state index contributed by atoms with van der Waals surface area (Å²) in [6.07, 6.45) is -15.2. The Bertz CT molecular complexity index is 1550. The number of fused-ring (bicyclic) bond motifs is 1. The minimum Gasteiger partial charge on any atom is -0.507 e. The molecule has 16 heteroatoms. The lowest BCUT2D eigenvalue weighted by molar-refractivity contribution is -0.278. The first-order valence-electron chi connectivity index (χ1n) is 13.8. The van der Waals surface area contributed by atoms with E-state index in [0.717, 1.165) is 19.1 Å². The normalized spacial score (nSPS) is 31.8. The van der Waals surface area contributed by atoms with Crippen LogP contribution in [-0.4, -0.2) is 121 Å². The van der Waals surface area contributed by atoms with E-state index in [-0.39, 0.29) is 28.2 Å². The molecule has 0 unspecified atom stereocenters. The predicted molar refractivity (Wildman–Crippen MR) is 148 cm³/mol. The molecule has 8 N–H and O–H groups in total. The van der Waals surface area contributed by atoms with Crippen molar-refractivity contribution in [2.24, 2.45) is 0 Å². The van der Waals surface area contributed by atoms with Gasteiger partial charge in [-0.3, -0.25) is 9.59 Å². The highest BCUT2D eigenvalue weighted by Crippen LogP contribution is 2.34. The molecule has 2 aromatic carbocycles. The van der Waals surface area contributed by atoms with Crippen LogP contribution in [0.15, 0.2) is 51.7 Å². The van der Waals surface area contributed by atoms with Crippen LogP contribution in [0.1, 0.15) is 6.92 Å². The number of aromatic hydroxyl groups is 1. The number of hydrogen-bond donors (Lipinski definition) is 8. The Morgan fingerprint density at radius 2 is 1.36 bits per heavy atom. The van der Waals surface area contributed by atoms with Crippen molar-refractivity contribution >= 4 is 16.9 Å². The van der Waals surface area contributed by atoms with Gasteiger partial charge in [0, 0.05) is 30.7 Å². The molecule has 2 aliphatic rings. The van der Waals surface area contributed by atoms with Gasteiger partial charge in [-0.2, -0.15) is 0 Å². The molecule has 0 bridgehead atoms. The maximum absolute atomic E-state index is 12.9. The summed E-state index contributed by atoms with van der Waals surface area (Å²) in [6, 6.07) is 9.36. The van der Waals surface area contributed by atoms with E-state index >= 15 is 0 Å². The second kappa shape index (κ2) is 13.3. The topological polar surface area (TPSA) is 255 Å². The fraction of sp³-hybridized carbons (Fsp3) is 0.448. The van der Waals surface area contributed by atoms with Crippen molar-refractivity contribution in [3.8, 4) is 28.6 Å². The quantitative estimate of drug-likeness (QED) is 0.126. The number of esters is 1. The zero-order valence-electron chi connectivity index (χ0n) is 23.6. The Morgan fingerprint density at radius 1 is 0.778 bits per heavy atom. The highest BCUT2D eigenvalue weighted by atomic mass is 16.7. The largest absolute Gasteiger partial charge is 0.507 e. The number of carbonyl (C=O) groups excluding carboxylic acids is 1. The lowest BCUT2D eigenvalue weighted by atomic mass is 9.99. The van der Waals surface area contributed by atoms with Crippen molar-refractivity contribution in [1.29, 1.82) is 0 Å². The molecule has 2 aliphatic heterocycles. The summed E-state index contributed by atoms with van der Waals surface area (Å²) in [5.41, 5.74) is -0.334. The predicted octanol–water partition coefficient (Wildman–Crippen LogP) is -1.91. The maximum atomic E-state index is 12.9. The number of benzene rings is 2. The van der Waals surface area contributed by atoms with Crippen LogP contribution in [0.4, 0.5) is 0 Å². The summed E-state index contributed by atoms with van der Waals surface area (Å²) in [4.78, 5) is 24.1. The Labute approximate surface area is 253 Å². The van der Waals surface area contributed by atoms with Crippen molar-refractivity contribution in [3.05, 3.63) is 52.7 Å².